The molecule has 5 heteroatoms. The van der Waals surface area contributed by atoms with Crippen molar-refractivity contribution in [1.82, 2.24) is 4.90 Å². The summed E-state index contributed by atoms with van der Waals surface area (Å²) in [6.45, 7) is 6.07. The van der Waals surface area contributed by atoms with E-state index in [4.69, 9.17) is 16.5 Å². The van der Waals surface area contributed by atoms with Crippen LogP contribution in [0.1, 0.15) is 26.3 Å². The van der Waals surface area contributed by atoms with Gasteiger partial charge in [0, 0.05) is 17.3 Å². The van der Waals surface area contributed by atoms with Gasteiger partial charge in [-0.05, 0) is 59.1 Å². The minimum absolute atomic E-state index is 0.545. The molecular weight excluding hydrogens is 288 g/mol. The van der Waals surface area contributed by atoms with Crippen LogP contribution in [-0.2, 0) is 4.74 Å². The maximum absolute atomic E-state index is 11.8. The normalized spacial score (nSPS) is 10.8. The number of nitrogens with zero attached hydrogens (tertiary/aromatic N) is 2. The molecule has 0 saturated carbocycles. The number of amides is 1. The van der Waals surface area contributed by atoms with E-state index in [1.165, 1.54) is 0 Å². The molecule has 21 heavy (non-hydrogen) atoms. The van der Waals surface area contributed by atoms with E-state index >= 15 is 0 Å². The molecule has 0 N–H and O–H groups in total. The maximum atomic E-state index is 11.8. The van der Waals surface area contributed by atoms with Gasteiger partial charge in [-0.15, -0.1) is 0 Å². The number of carbonyl (C=O) groups excluding carboxylic acids is 1. The van der Waals surface area contributed by atoms with Crippen molar-refractivity contribution in [2.24, 2.45) is 0 Å². The zero-order valence-electron chi connectivity index (χ0n) is 13.1. The number of anilines is 1. The lowest BCUT2D eigenvalue weighted by Gasteiger charge is -2.22. The number of halogens is 1. The van der Waals surface area contributed by atoms with Crippen molar-refractivity contribution < 1.29 is 9.53 Å². The quantitative estimate of drug-likeness (QED) is 0.619. The van der Waals surface area contributed by atoms with Crippen LogP contribution in [0.4, 0.5) is 10.5 Å². The van der Waals surface area contributed by atoms with E-state index in [1.54, 1.807) is 32.9 Å². The molecule has 4 nitrogen and oxygen atoms in total. The molecule has 1 rings (SSSR count). The summed E-state index contributed by atoms with van der Waals surface area (Å²) in [7, 11) is 3.92. The highest BCUT2D eigenvalue weighted by molar-refractivity contribution is 6.35. The van der Waals surface area contributed by atoms with Gasteiger partial charge in [0.1, 0.15) is 5.60 Å². The van der Waals surface area contributed by atoms with Gasteiger partial charge in [0.15, 0.2) is 0 Å². The molecule has 0 bridgehead atoms. The zero-order chi connectivity index (χ0) is 16.0. The third-order valence-corrected chi connectivity index (χ3v) is 2.61. The van der Waals surface area contributed by atoms with E-state index in [-0.39, 0.29) is 0 Å². The van der Waals surface area contributed by atoms with Crippen LogP contribution in [0.5, 0.6) is 0 Å². The first-order valence-corrected chi connectivity index (χ1v) is 6.95. The Hall–Kier alpha value is -1.70. The van der Waals surface area contributed by atoms with Gasteiger partial charge in [0.25, 0.3) is 0 Å². The molecule has 1 aromatic rings. The molecule has 0 unspecified atom stereocenters. The number of carbonyl (C=O) groups is 1. The fourth-order valence-electron chi connectivity index (χ4n) is 1.38. The van der Waals surface area contributed by atoms with E-state index < -0.39 is 11.7 Å². The fourth-order valence-corrected chi connectivity index (χ4v) is 1.53. The third-order valence-electron chi connectivity index (χ3n) is 2.28. The summed E-state index contributed by atoms with van der Waals surface area (Å²) in [5.41, 5.74) is 0.834. The fraction of sp³-hybridized carbons (Fsp3) is 0.438. The van der Waals surface area contributed by atoms with Gasteiger partial charge in [0.2, 0.25) is 0 Å². The first-order chi connectivity index (χ1) is 9.69. The summed E-state index contributed by atoms with van der Waals surface area (Å²) in [4.78, 5) is 13.8. The molecule has 0 heterocycles. The summed E-state index contributed by atoms with van der Waals surface area (Å²) < 4.78 is 6.16. The number of hydrogen-bond acceptors (Lipinski definition) is 3. The standard InChI is InChI=1S/C16H21ClN2O2/c1-16(2,3)21-15(20)19(17)14-10-8-13(9-11-14)7-6-12-18(4)5/h8-11H,12H2,1-5H3. The Morgan fingerprint density at radius 3 is 2.29 bits per heavy atom. The second kappa shape index (κ2) is 7.35. The second-order valence-corrected chi connectivity index (χ2v) is 6.19. The van der Waals surface area contributed by atoms with Crippen molar-refractivity contribution in [3.8, 4) is 11.8 Å². The minimum Gasteiger partial charge on any atom is -0.443 e. The Balaban J connectivity index is 2.72. The Labute approximate surface area is 131 Å². The molecule has 0 aliphatic heterocycles. The summed E-state index contributed by atoms with van der Waals surface area (Å²) in [6, 6.07) is 7.10. The second-order valence-electron chi connectivity index (χ2n) is 5.85. The monoisotopic (exact) mass is 308 g/mol. The van der Waals surface area contributed by atoms with Crippen molar-refractivity contribution in [2.75, 3.05) is 25.1 Å². The van der Waals surface area contributed by atoms with Crippen molar-refractivity contribution >= 4 is 23.6 Å². The molecule has 0 fully saturated rings. The van der Waals surface area contributed by atoms with E-state index in [1.807, 2.05) is 31.1 Å². The third kappa shape index (κ3) is 6.52. The lowest BCUT2D eigenvalue weighted by atomic mass is 10.2. The lowest BCUT2D eigenvalue weighted by Crippen LogP contribution is -2.31. The van der Waals surface area contributed by atoms with E-state index in [0.717, 1.165) is 9.98 Å². The van der Waals surface area contributed by atoms with E-state index in [9.17, 15) is 4.79 Å². The summed E-state index contributed by atoms with van der Waals surface area (Å²) in [5, 5.41) is 0. The lowest BCUT2D eigenvalue weighted by molar-refractivity contribution is 0.0609. The van der Waals surface area contributed by atoms with Crippen molar-refractivity contribution in [1.29, 1.82) is 0 Å². The topological polar surface area (TPSA) is 32.8 Å². The van der Waals surface area contributed by atoms with Crippen LogP contribution in [-0.4, -0.2) is 37.2 Å². The van der Waals surface area contributed by atoms with Crippen LogP contribution >= 0.6 is 11.8 Å². The largest absolute Gasteiger partial charge is 0.443 e. The first kappa shape index (κ1) is 17.4. The van der Waals surface area contributed by atoms with Gasteiger partial charge in [0.05, 0.1) is 12.2 Å². The van der Waals surface area contributed by atoms with Gasteiger partial charge in [-0.2, -0.15) is 4.42 Å². The molecule has 0 saturated heterocycles. The average Bonchev–Trinajstić information content (AvgIpc) is 2.36. The molecular formula is C16H21ClN2O2. The zero-order valence-corrected chi connectivity index (χ0v) is 13.9. The molecule has 0 radical (unpaired) electrons. The van der Waals surface area contributed by atoms with Gasteiger partial charge >= 0.3 is 6.09 Å². The number of benzene rings is 1. The SMILES string of the molecule is CN(C)CC#Cc1ccc(N(Cl)C(=O)OC(C)(C)C)cc1. The van der Waals surface area contributed by atoms with E-state index in [0.29, 0.717) is 12.2 Å². The van der Waals surface area contributed by atoms with Gasteiger partial charge in [-0.3, -0.25) is 4.90 Å². The summed E-state index contributed by atoms with van der Waals surface area (Å²) >= 11 is 5.98. The highest BCUT2D eigenvalue weighted by atomic mass is 35.5. The summed E-state index contributed by atoms with van der Waals surface area (Å²) in [6.07, 6.45) is -0.601. The predicted octanol–water partition coefficient (Wildman–Crippen LogP) is 3.50. The molecule has 1 aromatic carbocycles. The van der Waals surface area contributed by atoms with Crippen molar-refractivity contribution in [3.05, 3.63) is 29.8 Å². The highest BCUT2D eigenvalue weighted by Gasteiger charge is 2.22. The Bertz CT molecular complexity index is 536. The van der Waals surface area contributed by atoms with Crippen LogP contribution in [0, 0.1) is 11.8 Å². The van der Waals surface area contributed by atoms with Crippen LogP contribution in [0.2, 0.25) is 0 Å². The van der Waals surface area contributed by atoms with Crippen LogP contribution in [0.15, 0.2) is 24.3 Å². The highest BCUT2D eigenvalue weighted by Crippen LogP contribution is 2.20. The molecule has 0 atom stereocenters. The number of hydrogen-bond donors (Lipinski definition) is 0. The maximum Gasteiger partial charge on any atom is 0.429 e. The molecule has 0 spiro atoms. The van der Waals surface area contributed by atoms with Gasteiger partial charge in [-0.1, -0.05) is 11.8 Å². The molecule has 1 amide bonds. The Morgan fingerprint density at radius 1 is 1.24 bits per heavy atom. The molecule has 0 aliphatic carbocycles. The number of ether oxygens (including phenoxy) is 1. The Morgan fingerprint density at radius 2 is 1.81 bits per heavy atom. The minimum atomic E-state index is -0.601. The molecule has 114 valence electrons. The van der Waals surface area contributed by atoms with E-state index in [2.05, 4.69) is 11.8 Å². The number of rotatable bonds is 2. The van der Waals surface area contributed by atoms with Gasteiger partial charge in [-0.25, -0.2) is 4.79 Å². The average molecular weight is 309 g/mol. The first-order valence-electron chi connectivity index (χ1n) is 6.61. The van der Waals surface area contributed by atoms with Gasteiger partial charge < -0.3 is 4.74 Å². The van der Waals surface area contributed by atoms with Crippen molar-refractivity contribution in [3.63, 3.8) is 0 Å². The predicted molar refractivity (Wildman–Crippen MR) is 86.4 cm³/mol. The van der Waals surface area contributed by atoms with Crippen LogP contribution in [0.25, 0.3) is 0 Å². The van der Waals surface area contributed by atoms with Crippen LogP contribution < -0.4 is 4.42 Å². The smallest absolute Gasteiger partial charge is 0.429 e. The van der Waals surface area contributed by atoms with Crippen molar-refractivity contribution in [2.45, 2.75) is 26.4 Å². The molecule has 0 aliphatic rings. The molecule has 0 aromatic heterocycles. The Kier molecular flexibility index (Phi) is 6.07. The van der Waals surface area contributed by atoms with Crippen LogP contribution in [0.3, 0.4) is 0 Å². The summed E-state index contributed by atoms with van der Waals surface area (Å²) in [5.74, 6) is 6.08.